The second-order valence-corrected chi connectivity index (χ2v) is 10.0. The smallest absolute Gasteiger partial charge is 0.175 e. The van der Waals surface area contributed by atoms with Crippen molar-refractivity contribution in [3.8, 4) is 0 Å². The zero-order chi connectivity index (χ0) is 16.9. The second-order valence-electron chi connectivity index (χ2n) is 7.11. The lowest BCUT2D eigenvalue weighted by molar-refractivity contribution is 0.568. The van der Waals surface area contributed by atoms with Crippen molar-refractivity contribution < 1.29 is 8.42 Å². The van der Waals surface area contributed by atoms with Gasteiger partial charge in [-0.1, -0.05) is 40.2 Å². The number of hydrogen-bond acceptors (Lipinski definition) is 2. The van der Waals surface area contributed by atoms with Crippen molar-refractivity contribution in [3.05, 3.63) is 64.1 Å². The average Bonchev–Trinajstić information content (AvgIpc) is 3.19. The monoisotopic (exact) mass is 402 g/mol. The number of rotatable bonds is 3. The van der Waals surface area contributed by atoms with E-state index in [1.165, 1.54) is 35.8 Å². The van der Waals surface area contributed by atoms with Crippen molar-refractivity contribution in [2.24, 2.45) is 5.41 Å². The maximum atomic E-state index is 11.7. The molecule has 0 amide bonds. The van der Waals surface area contributed by atoms with Gasteiger partial charge in [0.2, 0.25) is 0 Å². The largest absolute Gasteiger partial charge is 0.224 e. The molecule has 0 aromatic heterocycles. The van der Waals surface area contributed by atoms with Gasteiger partial charge < -0.3 is 0 Å². The van der Waals surface area contributed by atoms with E-state index in [9.17, 15) is 8.42 Å². The number of allylic oxidation sites excluding steroid dienone is 2. The molecule has 0 radical (unpaired) electrons. The summed E-state index contributed by atoms with van der Waals surface area (Å²) in [5, 5.41) is 0. The molecule has 2 aromatic rings. The lowest BCUT2D eigenvalue weighted by Crippen LogP contribution is -1.97. The fourth-order valence-electron chi connectivity index (χ4n) is 3.66. The predicted molar refractivity (Wildman–Crippen MR) is 101 cm³/mol. The van der Waals surface area contributed by atoms with Gasteiger partial charge in [-0.05, 0) is 77.6 Å². The van der Waals surface area contributed by atoms with E-state index in [4.69, 9.17) is 0 Å². The topological polar surface area (TPSA) is 34.1 Å². The van der Waals surface area contributed by atoms with Gasteiger partial charge in [0.15, 0.2) is 9.84 Å². The summed E-state index contributed by atoms with van der Waals surface area (Å²) in [6.07, 6.45) is 6.10. The summed E-state index contributed by atoms with van der Waals surface area (Å²) in [4.78, 5) is 0.385. The van der Waals surface area contributed by atoms with E-state index in [-0.39, 0.29) is 0 Å². The van der Waals surface area contributed by atoms with E-state index in [1.807, 2.05) is 12.1 Å². The van der Waals surface area contributed by atoms with Gasteiger partial charge in [-0.2, -0.15) is 0 Å². The first-order valence-electron chi connectivity index (χ1n) is 8.15. The van der Waals surface area contributed by atoms with Crippen LogP contribution in [0.25, 0.3) is 11.1 Å². The quantitative estimate of drug-likeness (QED) is 0.694. The van der Waals surface area contributed by atoms with Crippen LogP contribution in [0.15, 0.2) is 57.9 Å². The maximum Gasteiger partial charge on any atom is 0.175 e. The molecule has 0 N–H and O–H groups in total. The van der Waals surface area contributed by atoms with Crippen molar-refractivity contribution >= 4 is 36.9 Å². The zero-order valence-corrected chi connectivity index (χ0v) is 16.0. The normalized spacial score (nSPS) is 19.1. The van der Waals surface area contributed by atoms with E-state index in [1.54, 1.807) is 12.1 Å². The van der Waals surface area contributed by atoms with Crippen molar-refractivity contribution in [2.75, 3.05) is 6.26 Å². The molecule has 2 nitrogen and oxygen atoms in total. The number of halogens is 1. The molecule has 0 heterocycles. The van der Waals surface area contributed by atoms with E-state index >= 15 is 0 Å². The fraction of sp³-hybridized carbons (Fsp3) is 0.300. The lowest BCUT2D eigenvalue weighted by atomic mass is 9.97. The second kappa shape index (κ2) is 5.57. The Kier molecular flexibility index (Phi) is 3.73. The molecule has 2 aromatic carbocycles. The number of sulfone groups is 1. The van der Waals surface area contributed by atoms with Crippen LogP contribution in [0.1, 0.15) is 36.8 Å². The summed E-state index contributed by atoms with van der Waals surface area (Å²) in [6.45, 7) is 0. The lowest BCUT2D eigenvalue weighted by Gasteiger charge is -2.09. The van der Waals surface area contributed by atoms with Gasteiger partial charge >= 0.3 is 0 Å². The van der Waals surface area contributed by atoms with Crippen LogP contribution >= 0.6 is 15.9 Å². The third kappa shape index (κ3) is 2.98. The molecule has 2 aliphatic carbocycles. The van der Waals surface area contributed by atoms with Gasteiger partial charge in [-0.25, -0.2) is 8.42 Å². The minimum Gasteiger partial charge on any atom is -0.224 e. The Morgan fingerprint density at radius 1 is 0.833 bits per heavy atom. The van der Waals surface area contributed by atoms with Crippen LogP contribution in [-0.2, 0) is 9.84 Å². The van der Waals surface area contributed by atoms with E-state index in [0.717, 1.165) is 22.9 Å². The molecular formula is C20H19BrO2S. The first-order chi connectivity index (χ1) is 11.4. The highest BCUT2D eigenvalue weighted by molar-refractivity contribution is 9.10. The van der Waals surface area contributed by atoms with Crippen LogP contribution in [0, 0.1) is 5.41 Å². The van der Waals surface area contributed by atoms with Crippen LogP contribution in [0.2, 0.25) is 0 Å². The van der Waals surface area contributed by atoms with Crippen molar-refractivity contribution in [2.45, 2.75) is 30.6 Å². The van der Waals surface area contributed by atoms with Crippen LogP contribution in [0.4, 0.5) is 0 Å². The SMILES string of the molecule is CS(=O)(=O)c1ccc(C2=C(c3ccc(Br)cc3)CC3(CC3)C2)cc1. The number of hydrogen-bond donors (Lipinski definition) is 0. The van der Waals surface area contributed by atoms with Crippen LogP contribution in [0.5, 0.6) is 0 Å². The minimum atomic E-state index is -3.15. The number of benzene rings is 2. The fourth-order valence-corrected chi connectivity index (χ4v) is 4.56. The molecule has 1 saturated carbocycles. The molecule has 1 fully saturated rings. The van der Waals surface area contributed by atoms with E-state index < -0.39 is 9.84 Å². The highest BCUT2D eigenvalue weighted by Gasteiger charge is 2.48. The highest BCUT2D eigenvalue weighted by Crippen LogP contribution is 2.63. The Morgan fingerprint density at radius 3 is 1.71 bits per heavy atom. The molecule has 0 saturated heterocycles. The Hall–Kier alpha value is -1.39. The van der Waals surface area contributed by atoms with Gasteiger partial charge in [0, 0.05) is 10.7 Å². The van der Waals surface area contributed by atoms with Crippen LogP contribution < -0.4 is 0 Å². The predicted octanol–water partition coefficient (Wildman–Crippen LogP) is 5.34. The molecule has 0 bridgehead atoms. The van der Waals surface area contributed by atoms with Gasteiger partial charge in [0.1, 0.15) is 0 Å². The molecule has 4 heteroatoms. The molecule has 2 aliphatic rings. The highest BCUT2D eigenvalue weighted by atomic mass is 79.9. The minimum absolute atomic E-state index is 0.385. The summed E-state index contributed by atoms with van der Waals surface area (Å²) in [6, 6.07) is 15.9. The summed E-state index contributed by atoms with van der Waals surface area (Å²) in [7, 11) is -3.15. The summed E-state index contributed by atoms with van der Waals surface area (Å²) in [5.74, 6) is 0. The Labute approximate surface area is 151 Å². The molecule has 0 aliphatic heterocycles. The zero-order valence-electron chi connectivity index (χ0n) is 13.5. The van der Waals surface area contributed by atoms with Gasteiger partial charge in [-0.3, -0.25) is 0 Å². The van der Waals surface area contributed by atoms with Gasteiger partial charge in [0.25, 0.3) is 0 Å². The first-order valence-corrected chi connectivity index (χ1v) is 10.8. The van der Waals surface area contributed by atoms with Crippen molar-refractivity contribution in [1.29, 1.82) is 0 Å². The summed E-state index contributed by atoms with van der Waals surface area (Å²) >= 11 is 3.50. The summed E-state index contributed by atoms with van der Waals surface area (Å²) in [5.41, 5.74) is 5.71. The molecule has 1 spiro atoms. The Morgan fingerprint density at radius 2 is 1.29 bits per heavy atom. The maximum absolute atomic E-state index is 11.7. The molecule has 0 atom stereocenters. The third-order valence-electron chi connectivity index (χ3n) is 5.25. The Balaban J connectivity index is 1.77. The Bertz CT molecular complexity index is 919. The van der Waals surface area contributed by atoms with E-state index in [2.05, 4.69) is 40.2 Å². The van der Waals surface area contributed by atoms with Crippen LogP contribution in [-0.4, -0.2) is 14.7 Å². The molecule has 24 heavy (non-hydrogen) atoms. The molecular weight excluding hydrogens is 384 g/mol. The molecule has 4 rings (SSSR count). The van der Waals surface area contributed by atoms with E-state index in [0.29, 0.717) is 10.3 Å². The molecule has 0 unspecified atom stereocenters. The average molecular weight is 403 g/mol. The molecule has 124 valence electrons. The van der Waals surface area contributed by atoms with Crippen LogP contribution in [0.3, 0.4) is 0 Å². The van der Waals surface area contributed by atoms with Gasteiger partial charge in [0.05, 0.1) is 4.90 Å². The van der Waals surface area contributed by atoms with Gasteiger partial charge in [-0.15, -0.1) is 0 Å². The van der Waals surface area contributed by atoms with Crippen molar-refractivity contribution in [3.63, 3.8) is 0 Å². The third-order valence-corrected chi connectivity index (χ3v) is 6.91. The van der Waals surface area contributed by atoms with Crippen molar-refractivity contribution in [1.82, 2.24) is 0 Å². The summed E-state index contributed by atoms with van der Waals surface area (Å²) < 4.78 is 24.4. The standard InChI is InChI=1S/C20H19BrO2S/c1-24(22,23)17-8-4-15(5-9-17)19-13-20(10-11-20)12-18(19)14-2-6-16(21)7-3-14/h2-9H,10-13H2,1H3. The first kappa shape index (κ1) is 16.1.